The number of nitrogens with two attached hydrogens (primary N) is 1. The van der Waals surface area contributed by atoms with Crippen molar-refractivity contribution in [2.45, 2.75) is 13.0 Å². The van der Waals surface area contributed by atoms with Gasteiger partial charge in [-0.2, -0.15) is 0 Å². The number of amides is 1. The Balaban J connectivity index is 2.58. The molecule has 1 aromatic heterocycles. The van der Waals surface area contributed by atoms with Crippen LogP contribution in [0.1, 0.15) is 17.4 Å². The minimum Gasteiger partial charge on any atom is -0.493 e. The number of carbonyl (C=O) groups excluding carboxylic acids is 2. The van der Waals surface area contributed by atoms with E-state index in [1.807, 2.05) is 0 Å². The van der Waals surface area contributed by atoms with Crippen molar-refractivity contribution in [2.24, 2.45) is 5.73 Å². The number of primary amides is 1. The number of rotatable bonds is 10. The maximum absolute atomic E-state index is 11.7. The Kier molecular flexibility index (Phi) is 7.78. The summed E-state index contributed by atoms with van der Waals surface area (Å²) in [5.41, 5.74) is 5.09. The first-order valence-electron chi connectivity index (χ1n) is 6.74. The molecule has 0 spiro atoms. The third-order valence-corrected chi connectivity index (χ3v) is 2.71. The summed E-state index contributed by atoms with van der Waals surface area (Å²) in [4.78, 5) is 26.8. The lowest BCUT2D eigenvalue weighted by molar-refractivity contribution is -0.163. The number of nitrogens with zero attached hydrogens (tertiary/aromatic N) is 1. The Morgan fingerprint density at radius 1 is 1.30 bits per heavy atom. The highest BCUT2D eigenvalue weighted by atomic mass is 16.7. The average molecular weight is 328 g/mol. The van der Waals surface area contributed by atoms with Gasteiger partial charge in [0.25, 0.3) is 5.91 Å². The van der Waals surface area contributed by atoms with E-state index in [2.05, 4.69) is 4.98 Å². The first kappa shape index (κ1) is 18.7. The minimum atomic E-state index is -0.790. The van der Waals surface area contributed by atoms with Crippen LogP contribution < -0.4 is 15.2 Å². The molecule has 0 saturated carbocycles. The molecule has 1 amide bonds. The summed E-state index contributed by atoms with van der Waals surface area (Å²) in [5, 5.41) is 0. The van der Waals surface area contributed by atoms with Crippen LogP contribution in [0.5, 0.6) is 11.5 Å². The molecule has 0 radical (unpaired) electrons. The van der Waals surface area contributed by atoms with E-state index in [-0.39, 0.29) is 23.8 Å². The van der Waals surface area contributed by atoms with Crippen LogP contribution in [0.3, 0.4) is 0 Å². The second-order valence-electron chi connectivity index (χ2n) is 4.29. The predicted octanol–water partition coefficient (Wildman–Crippen LogP) is 0.120. The van der Waals surface area contributed by atoms with E-state index < -0.39 is 24.8 Å². The monoisotopic (exact) mass is 328 g/mol. The fraction of sp³-hybridized carbons (Fsp3) is 0.500. The van der Waals surface area contributed by atoms with Gasteiger partial charge in [-0.1, -0.05) is 0 Å². The van der Waals surface area contributed by atoms with Crippen LogP contribution in [-0.4, -0.2) is 57.2 Å². The molecule has 0 aromatic carbocycles. The number of ether oxygens (including phenoxy) is 5. The lowest BCUT2D eigenvalue weighted by atomic mass is 10.3. The van der Waals surface area contributed by atoms with E-state index in [4.69, 9.17) is 29.4 Å². The van der Waals surface area contributed by atoms with Crippen molar-refractivity contribution in [3.8, 4) is 11.5 Å². The van der Waals surface area contributed by atoms with Crippen molar-refractivity contribution >= 4 is 11.9 Å². The summed E-state index contributed by atoms with van der Waals surface area (Å²) in [6.45, 7) is 1.72. The number of aromatic nitrogens is 1. The highest BCUT2D eigenvalue weighted by Gasteiger charge is 2.19. The van der Waals surface area contributed by atoms with Crippen molar-refractivity contribution in [1.82, 2.24) is 4.98 Å². The molecule has 1 unspecified atom stereocenters. The fourth-order valence-electron chi connectivity index (χ4n) is 1.55. The highest BCUT2D eigenvalue weighted by molar-refractivity contribution is 5.94. The number of hydrogen-bond donors (Lipinski definition) is 1. The summed E-state index contributed by atoms with van der Waals surface area (Å²) in [6.07, 6.45) is 0.573. The topological polar surface area (TPSA) is 119 Å². The molecular weight excluding hydrogens is 308 g/mol. The van der Waals surface area contributed by atoms with Gasteiger partial charge in [0, 0.05) is 19.4 Å². The van der Waals surface area contributed by atoms with Gasteiger partial charge < -0.3 is 29.4 Å². The molecule has 0 aliphatic rings. The molecule has 0 saturated heterocycles. The van der Waals surface area contributed by atoms with E-state index in [1.54, 1.807) is 0 Å². The second kappa shape index (κ2) is 9.59. The third-order valence-electron chi connectivity index (χ3n) is 2.71. The quantitative estimate of drug-likeness (QED) is 0.365. The van der Waals surface area contributed by atoms with Gasteiger partial charge in [0.1, 0.15) is 0 Å². The van der Waals surface area contributed by atoms with Gasteiger partial charge in [-0.05, 0) is 6.92 Å². The van der Waals surface area contributed by atoms with Gasteiger partial charge >= 0.3 is 5.97 Å². The number of carbonyl (C=O) groups is 2. The van der Waals surface area contributed by atoms with E-state index >= 15 is 0 Å². The van der Waals surface area contributed by atoms with Crippen LogP contribution >= 0.6 is 0 Å². The van der Waals surface area contributed by atoms with Crippen molar-refractivity contribution in [3.63, 3.8) is 0 Å². The number of esters is 1. The predicted molar refractivity (Wildman–Crippen MR) is 78.2 cm³/mol. The summed E-state index contributed by atoms with van der Waals surface area (Å²) in [5.74, 6) is -1.16. The first-order chi connectivity index (χ1) is 11.0. The lowest BCUT2D eigenvalue weighted by Gasteiger charge is -2.15. The maximum Gasteiger partial charge on any atom is 0.337 e. The minimum absolute atomic E-state index is 0.00301. The van der Waals surface area contributed by atoms with Gasteiger partial charge in [0.15, 0.2) is 23.3 Å². The summed E-state index contributed by atoms with van der Waals surface area (Å²) < 4.78 is 25.2. The van der Waals surface area contributed by atoms with Gasteiger partial charge in [-0.25, -0.2) is 9.78 Å². The van der Waals surface area contributed by atoms with Gasteiger partial charge in [0.2, 0.25) is 6.79 Å². The molecule has 2 N–H and O–H groups in total. The fourth-order valence-corrected chi connectivity index (χ4v) is 1.55. The molecule has 0 aliphatic carbocycles. The SMILES string of the molecule is COCCOC(C)C(=O)OCOc1c(OC)ccnc1C(N)=O. The molecule has 0 fully saturated rings. The Hall–Kier alpha value is -2.39. The summed E-state index contributed by atoms with van der Waals surface area (Å²) in [7, 11) is 2.92. The maximum atomic E-state index is 11.7. The zero-order chi connectivity index (χ0) is 17.2. The zero-order valence-electron chi connectivity index (χ0n) is 13.2. The van der Waals surface area contributed by atoms with Crippen LogP contribution in [0.25, 0.3) is 0 Å². The van der Waals surface area contributed by atoms with E-state index in [0.717, 1.165) is 0 Å². The number of pyridine rings is 1. The van der Waals surface area contributed by atoms with Crippen LogP contribution in [0, 0.1) is 0 Å². The van der Waals surface area contributed by atoms with Crippen LogP contribution in [-0.2, 0) is 19.0 Å². The van der Waals surface area contributed by atoms with Crippen molar-refractivity contribution in [1.29, 1.82) is 0 Å². The van der Waals surface area contributed by atoms with Gasteiger partial charge in [-0.3, -0.25) is 4.79 Å². The summed E-state index contributed by atoms with van der Waals surface area (Å²) in [6, 6.07) is 1.49. The Morgan fingerprint density at radius 2 is 2.04 bits per heavy atom. The zero-order valence-corrected chi connectivity index (χ0v) is 13.2. The third kappa shape index (κ3) is 5.72. The molecule has 1 rings (SSSR count). The van der Waals surface area contributed by atoms with Crippen molar-refractivity contribution in [3.05, 3.63) is 18.0 Å². The number of methoxy groups -OCH3 is 2. The normalized spacial score (nSPS) is 11.6. The van der Waals surface area contributed by atoms with Crippen LogP contribution in [0.4, 0.5) is 0 Å². The van der Waals surface area contributed by atoms with Gasteiger partial charge in [-0.15, -0.1) is 0 Å². The van der Waals surface area contributed by atoms with E-state index in [0.29, 0.717) is 6.61 Å². The highest BCUT2D eigenvalue weighted by Crippen LogP contribution is 2.29. The molecule has 23 heavy (non-hydrogen) atoms. The molecule has 1 atom stereocenters. The Labute approximate surface area is 133 Å². The molecular formula is C14H20N2O7. The second-order valence-corrected chi connectivity index (χ2v) is 4.29. The molecule has 0 aliphatic heterocycles. The smallest absolute Gasteiger partial charge is 0.337 e. The van der Waals surface area contributed by atoms with E-state index in [1.165, 1.54) is 33.4 Å². The molecule has 128 valence electrons. The van der Waals surface area contributed by atoms with Crippen LogP contribution in [0.15, 0.2) is 12.3 Å². The van der Waals surface area contributed by atoms with Gasteiger partial charge in [0.05, 0.1) is 20.3 Å². The first-order valence-corrected chi connectivity index (χ1v) is 6.74. The number of hydrogen-bond acceptors (Lipinski definition) is 8. The van der Waals surface area contributed by atoms with Crippen molar-refractivity contribution in [2.75, 3.05) is 34.2 Å². The largest absolute Gasteiger partial charge is 0.493 e. The Morgan fingerprint density at radius 3 is 2.65 bits per heavy atom. The Bertz CT molecular complexity index is 536. The van der Waals surface area contributed by atoms with Crippen LogP contribution in [0.2, 0.25) is 0 Å². The average Bonchev–Trinajstić information content (AvgIpc) is 2.54. The molecule has 1 aromatic rings. The van der Waals surface area contributed by atoms with E-state index in [9.17, 15) is 9.59 Å². The summed E-state index contributed by atoms with van der Waals surface area (Å²) >= 11 is 0. The molecule has 1 heterocycles. The molecule has 9 nitrogen and oxygen atoms in total. The standard InChI is InChI=1S/C14H20N2O7/c1-9(21-7-6-19-2)14(18)23-8-22-12-10(20-3)4-5-16-11(12)13(15)17/h4-5,9H,6-8H2,1-3H3,(H2,15,17). The molecule has 0 bridgehead atoms. The van der Waals surface area contributed by atoms with Crippen molar-refractivity contribution < 1.29 is 33.3 Å². The lowest BCUT2D eigenvalue weighted by Crippen LogP contribution is -2.26. The molecule has 9 heteroatoms.